The Bertz CT molecular complexity index is 333. The molecule has 1 heterocycles. The fourth-order valence-electron chi connectivity index (χ4n) is 0.830. The van der Waals surface area contributed by atoms with E-state index < -0.39 is 5.97 Å². The van der Waals surface area contributed by atoms with Gasteiger partial charge in [0.25, 0.3) is 0 Å². The first kappa shape index (κ1) is 9.73. The summed E-state index contributed by atoms with van der Waals surface area (Å²) in [5.74, 6) is -0.986. The third-order valence-corrected chi connectivity index (χ3v) is 2.33. The predicted molar refractivity (Wildman–Crippen MR) is 52.5 cm³/mol. The normalized spacial score (nSPS) is 9.62. The van der Waals surface area contributed by atoms with Crippen LogP contribution in [0.15, 0.2) is 12.7 Å². The van der Waals surface area contributed by atoms with E-state index in [2.05, 4.69) is 16.9 Å². The van der Waals surface area contributed by atoms with Crippen molar-refractivity contribution in [2.45, 2.75) is 6.92 Å². The van der Waals surface area contributed by atoms with Gasteiger partial charge in [-0.3, -0.25) is 0 Å². The van der Waals surface area contributed by atoms with Gasteiger partial charge in [0, 0.05) is 11.4 Å². The number of aromatic carboxylic acids is 1. The predicted octanol–water partition coefficient (Wildman–Crippen LogP) is 1.75. The van der Waals surface area contributed by atoms with E-state index in [1.165, 1.54) is 11.3 Å². The number of anilines is 1. The molecule has 0 amide bonds. The summed E-state index contributed by atoms with van der Waals surface area (Å²) in [6.45, 7) is 5.86. The topological polar surface area (TPSA) is 62.2 Å². The molecule has 1 rings (SSSR count). The summed E-state index contributed by atoms with van der Waals surface area (Å²) in [7, 11) is 0. The Labute approximate surface area is 79.9 Å². The van der Waals surface area contributed by atoms with Crippen LogP contribution in [0.25, 0.3) is 0 Å². The summed E-state index contributed by atoms with van der Waals surface area (Å²) in [6, 6.07) is 0. The number of nitrogens with one attached hydrogen (secondary N) is 1. The number of carbonyl (C=O) groups is 1. The van der Waals surface area contributed by atoms with Crippen LogP contribution in [0.3, 0.4) is 0 Å². The molecule has 0 saturated heterocycles. The van der Waals surface area contributed by atoms with Gasteiger partial charge in [-0.2, -0.15) is 0 Å². The zero-order chi connectivity index (χ0) is 9.84. The standard InChI is InChI=1S/C8H10N2O2S/c1-3-4-9-8-10-6(7(11)12)5(2)13-8/h3H,1,4H2,2H3,(H,9,10)(H,11,12). The van der Waals surface area contributed by atoms with E-state index in [1.54, 1.807) is 13.0 Å². The number of aromatic nitrogens is 1. The smallest absolute Gasteiger partial charge is 0.355 e. The van der Waals surface area contributed by atoms with Crippen molar-refractivity contribution in [3.63, 3.8) is 0 Å². The van der Waals surface area contributed by atoms with Crippen molar-refractivity contribution < 1.29 is 9.90 Å². The Morgan fingerprint density at radius 3 is 3.00 bits per heavy atom. The lowest BCUT2D eigenvalue weighted by Gasteiger charge is -1.93. The van der Waals surface area contributed by atoms with E-state index in [4.69, 9.17) is 5.11 Å². The van der Waals surface area contributed by atoms with Crippen molar-refractivity contribution in [1.29, 1.82) is 0 Å². The number of nitrogens with zero attached hydrogens (tertiary/aromatic N) is 1. The Morgan fingerprint density at radius 2 is 2.54 bits per heavy atom. The van der Waals surface area contributed by atoms with Crippen LogP contribution in [0.1, 0.15) is 15.4 Å². The fourth-order valence-corrected chi connectivity index (χ4v) is 1.64. The first-order valence-electron chi connectivity index (χ1n) is 3.70. The molecule has 5 heteroatoms. The SMILES string of the molecule is C=CCNc1nc(C(=O)O)c(C)s1. The van der Waals surface area contributed by atoms with E-state index >= 15 is 0 Å². The zero-order valence-electron chi connectivity index (χ0n) is 7.20. The molecular weight excluding hydrogens is 188 g/mol. The fraction of sp³-hybridized carbons (Fsp3) is 0.250. The van der Waals surface area contributed by atoms with Gasteiger partial charge in [-0.15, -0.1) is 17.9 Å². The van der Waals surface area contributed by atoms with Crippen molar-refractivity contribution in [2.24, 2.45) is 0 Å². The maximum atomic E-state index is 10.6. The molecule has 0 bridgehead atoms. The lowest BCUT2D eigenvalue weighted by molar-refractivity contribution is 0.0690. The summed E-state index contributed by atoms with van der Waals surface area (Å²) in [4.78, 5) is 15.2. The molecule has 1 aromatic heterocycles. The van der Waals surface area contributed by atoms with Crippen LogP contribution in [-0.4, -0.2) is 22.6 Å². The van der Waals surface area contributed by atoms with Gasteiger partial charge in [-0.1, -0.05) is 6.08 Å². The first-order valence-corrected chi connectivity index (χ1v) is 4.52. The van der Waals surface area contributed by atoms with Crippen LogP contribution in [0, 0.1) is 6.92 Å². The molecule has 2 N–H and O–H groups in total. The second kappa shape index (κ2) is 4.04. The Balaban J connectivity index is 2.82. The van der Waals surface area contributed by atoms with Gasteiger partial charge in [0.15, 0.2) is 10.8 Å². The molecule has 0 spiro atoms. The number of hydrogen-bond acceptors (Lipinski definition) is 4. The van der Waals surface area contributed by atoms with Gasteiger partial charge in [-0.25, -0.2) is 9.78 Å². The van der Waals surface area contributed by atoms with Gasteiger partial charge in [0.05, 0.1) is 0 Å². The van der Waals surface area contributed by atoms with E-state index in [0.717, 1.165) is 0 Å². The van der Waals surface area contributed by atoms with Crippen LogP contribution in [-0.2, 0) is 0 Å². The summed E-state index contributed by atoms with van der Waals surface area (Å²) >= 11 is 1.33. The Hall–Kier alpha value is -1.36. The molecule has 0 saturated carbocycles. The highest BCUT2D eigenvalue weighted by Gasteiger charge is 2.12. The number of rotatable bonds is 4. The number of hydrogen-bond donors (Lipinski definition) is 2. The molecule has 4 nitrogen and oxygen atoms in total. The minimum atomic E-state index is -0.986. The molecule has 0 aliphatic carbocycles. The molecule has 0 aliphatic rings. The molecule has 0 aromatic carbocycles. The van der Waals surface area contributed by atoms with Gasteiger partial charge in [0.2, 0.25) is 0 Å². The largest absolute Gasteiger partial charge is 0.476 e. The van der Waals surface area contributed by atoms with Crippen molar-refractivity contribution in [3.8, 4) is 0 Å². The van der Waals surface area contributed by atoms with Gasteiger partial charge in [-0.05, 0) is 6.92 Å². The number of carboxylic acids is 1. The second-order valence-electron chi connectivity index (χ2n) is 2.40. The minimum absolute atomic E-state index is 0.122. The van der Waals surface area contributed by atoms with Gasteiger partial charge >= 0.3 is 5.97 Å². The van der Waals surface area contributed by atoms with E-state index in [9.17, 15) is 4.79 Å². The molecule has 70 valence electrons. The lowest BCUT2D eigenvalue weighted by Crippen LogP contribution is -2.00. The minimum Gasteiger partial charge on any atom is -0.476 e. The summed E-state index contributed by atoms with van der Waals surface area (Å²) in [5.41, 5.74) is 0.122. The van der Waals surface area contributed by atoms with Crippen molar-refractivity contribution in [3.05, 3.63) is 23.2 Å². The highest BCUT2D eigenvalue weighted by molar-refractivity contribution is 7.15. The van der Waals surface area contributed by atoms with E-state index in [0.29, 0.717) is 16.6 Å². The van der Waals surface area contributed by atoms with E-state index in [1.807, 2.05) is 0 Å². The summed E-state index contributed by atoms with van der Waals surface area (Å²) < 4.78 is 0. The van der Waals surface area contributed by atoms with Crippen LogP contribution in [0.4, 0.5) is 5.13 Å². The maximum absolute atomic E-state index is 10.6. The number of carboxylic acid groups (broad SMARTS) is 1. The molecular formula is C8H10N2O2S. The van der Waals surface area contributed by atoms with Crippen LogP contribution in [0.2, 0.25) is 0 Å². The zero-order valence-corrected chi connectivity index (χ0v) is 8.02. The molecule has 0 unspecified atom stereocenters. The average molecular weight is 198 g/mol. The maximum Gasteiger partial charge on any atom is 0.355 e. The van der Waals surface area contributed by atoms with Gasteiger partial charge in [0.1, 0.15) is 0 Å². The molecule has 0 aliphatic heterocycles. The van der Waals surface area contributed by atoms with Crippen LogP contribution in [0.5, 0.6) is 0 Å². The van der Waals surface area contributed by atoms with E-state index in [-0.39, 0.29) is 5.69 Å². The van der Waals surface area contributed by atoms with Crippen molar-refractivity contribution in [1.82, 2.24) is 4.98 Å². The quantitative estimate of drug-likeness (QED) is 0.723. The van der Waals surface area contributed by atoms with Crippen molar-refractivity contribution in [2.75, 3.05) is 11.9 Å². The molecule has 13 heavy (non-hydrogen) atoms. The van der Waals surface area contributed by atoms with Gasteiger partial charge < -0.3 is 10.4 Å². The highest BCUT2D eigenvalue weighted by atomic mass is 32.1. The van der Waals surface area contributed by atoms with Crippen molar-refractivity contribution >= 4 is 22.4 Å². The molecule has 1 aromatic rings. The monoisotopic (exact) mass is 198 g/mol. The lowest BCUT2D eigenvalue weighted by atomic mass is 10.4. The first-order chi connectivity index (χ1) is 6.15. The number of aryl methyl sites for hydroxylation is 1. The molecule has 0 atom stereocenters. The molecule has 0 radical (unpaired) electrons. The van der Waals surface area contributed by atoms with Crippen LogP contribution >= 0.6 is 11.3 Å². The van der Waals surface area contributed by atoms with Crippen LogP contribution < -0.4 is 5.32 Å². The summed E-state index contributed by atoms with van der Waals surface area (Å²) in [5, 5.41) is 12.3. The average Bonchev–Trinajstić information content (AvgIpc) is 2.43. The highest BCUT2D eigenvalue weighted by Crippen LogP contribution is 2.21. The summed E-state index contributed by atoms with van der Waals surface area (Å²) in [6.07, 6.45) is 1.69. The Morgan fingerprint density at radius 1 is 1.85 bits per heavy atom. The number of thiazole rings is 1. The third-order valence-electron chi connectivity index (χ3n) is 1.40. The Kier molecular flexibility index (Phi) is 3.02. The third kappa shape index (κ3) is 2.29. The molecule has 0 fully saturated rings. The second-order valence-corrected chi connectivity index (χ2v) is 3.60.